The van der Waals surface area contributed by atoms with Gasteiger partial charge in [0.05, 0.1) is 0 Å². The van der Waals surface area contributed by atoms with Crippen molar-refractivity contribution in [1.82, 2.24) is 0 Å². The molecule has 0 saturated heterocycles. The number of hydrogen-bond acceptors (Lipinski definition) is 0. The zero-order valence-corrected chi connectivity index (χ0v) is 26.1. The molecule has 0 aliphatic heterocycles. The molecule has 0 fully saturated rings. The molecule has 3 unspecified atom stereocenters. The van der Waals surface area contributed by atoms with E-state index < -0.39 is 0 Å². The Hall–Kier alpha value is -2.53. The molecule has 0 heterocycles. The van der Waals surface area contributed by atoms with Gasteiger partial charge in [0.1, 0.15) is 0 Å². The van der Waals surface area contributed by atoms with Crippen LogP contribution in [0.3, 0.4) is 0 Å². The molecule has 3 atom stereocenters. The number of benzene rings is 3. The third-order valence-corrected chi connectivity index (χ3v) is 7.03. The molecule has 3 aromatic carbocycles. The number of nitrogens with zero attached hydrogens (tertiary/aromatic N) is 3. The van der Waals surface area contributed by atoms with Crippen molar-refractivity contribution in [3.63, 3.8) is 0 Å². The summed E-state index contributed by atoms with van der Waals surface area (Å²) in [4.78, 5) is 0. The fourth-order valence-corrected chi connectivity index (χ4v) is 5.35. The molecule has 3 nitrogen and oxygen atoms in total. The quantitative estimate of drug-likeness (QED) is 0.175. The van der Waals surface area contributed by atoms with Gasteiger partial charge in [0.25, 0.3) is 0 Å². The van der Waals surface area contributed by atoms with Gasteiger partial charge in [-0.15, -0.1) is 0 Å². The van der Waals surface area contributed by atoms with Gasteiger partial charge in [-0.3, -0.25) is 0 Å². The van der Waals surface area contributed by atoms with Crippen molar-refractivity contribution >= 4 is 12.2 Å². The summed E-state index contributed by atoms with van der Waals surface area (Å²) in [7, 11) is 10.5. The minimum absolute atomic E-state index is 0.718. The van der Waals surface area contributed by atoms with E-state index in [4.69, 9.17) is 0 Å². The molecule has 3 aromatic rings. The van der Waals surface area contributed by atoms with Crippen LogP contribution in [0.5, 0.6) is 0 Å². The number of rotatable bonds is 3. The van der Waals surface area contributed by atoms with Gasteiger partial charge in [0, 0.05) is 0 Å². The summed E-state index contributed by atoms with van der Waals surface area (Å²) in [6.45, 7) is 0. The number of allylic oxidation sites excluding steroid dienone is 4. The predicted octanol–water partition coefficient (Wildman–Crippen LogP) is 9.61. The first-order valence-electron chi connectivity index (χ1n) is 13.4. The van der Waals surface area contributed by atoms with E-state index in [1.165, 1.54) is 24.0 Å². The van der Waals surface area contributed by atoms with E-state index in [0.29, 0.717) is 0 Å². The molecule has 0 amide bonds. The molecule has 39 heavy (non-hydrogen) atoms. The molecule has 2 aliphatic rings. The van der Waals surface area contributed by atoms with Crippen molar-refractivity contribution in [2.24, 2.45) is 5.92 Å². The van der Waals surface area contributed by atoms with Crippen molar-refractivity contribution < 1.29 is 20.4 Å². The average molecular weight is 556 g/mol. The van der Waals surface area contributed by atoms with E-state index in [9.17, 15) is 0 Å². The van der Waals surface area contributed by atoms with Crippen molar-refractivity contribution in [2.75, 3.05) is 42.3 Å². The first-order chi connectivity index (χ1) is 19.1. The van der Waals surface area contributed by atoms with Gasteiger partial charge in [0.2, 0.25) is 0 Å². The summed E-state index contributed by atoms with van der Waals surface area (Å²) in [5, 5.41) is 10.5. The Labute approximate surface area is 250 Å². The van der Waals surface area contributed by atoms with Crippen LogP contribution in [0.15, 0.2) is 109 Å². The van der Waals surface area contributed by atoms with Crippen LogP contribution in [0.2, 0.25) is 0 Å². The zero-order chi connectivity index (χ0) is 28.7. The monoisotopic (exact) mass is 555 g/mol. The molecule has 0 radical (unpaired) electrons. The summed E-state index contributed by atoms with van der Waals surface area (Å²) in [6.07, 6.45) is 15.7. The Balaban J connectivity index is 0.000000301. The van der Waals surface area contributed by atoms with Gasteiger partial charge in [-0.2, -0.15) is 42.3 Å². The summed E-state index contributed by atoms with van der Waals surface area (Å²) < 4.78 is 0.765. The Morgan fingerprint density at radius 2 is 1.03 bits per heavy atom. The number of fused-ring (bicyclic) bond motifs is 3. The fraction of sp³-hybridized carbons (Fsp3) is 0.314. The summed E-state index contributed by atoms with van der Waals surface area (Å²) in [6, 6.07) is 29.6. The van der Waals surface area contributed by atoms with Crippen molar-refractivity contribution in [3.8, 4) is 0 Å². The van der Waals surface area contributed by atoms with E-state index in [-0.39, 0.29) is 0 Å². The van der Waals surface area contributed by atoms with Crippen LogP contribution in [-0.2, 0) is 20.4 Å². The van der Waals surface area contributed by atoms with Gasteiger partial charge < -0.3 is 16.0 Å². The Kier molecular flexibility index (Phi) is 19.7. The Bertz CT molecular complexity index is 1030. The molecule has 204 valence electrons. The molecule has 5 rings (SSSR count). The summed E-state index contributed by atoms with van der Waals surface area (Å²) in [5.74, 6) is 1.59. The molecule has 0 spiro atoms. The first kappa shape index (κ1) is 34.5. The van der Waals surface area contributed by atoms with Crippen LogP contribution >= 0.6 is 0 Å². The number of hydrogen-bond donors (Lipinski definition) is 0. The summed E-state index contributed by atoms with van der Waals surface area (Å²) >= 11 is 2.39. The van der Waals surface area contributed by atoms with Crippen LogP contribution in [-0.4, -0.2) is 42.3 Å². The van der Waals surface area contributed by atoms with Gasteiger partial charge in [-0.25, -0.2) is 0 Å². The predicted molar refractivity (Wildman–Crippen MR) is 170 cm³/mol. The van der Waals surface area contributed by atoms with E-state index in [1.807, 2.05) is 36.4 Å². The van der Waals surface area contributed by atoms with Crippen LogP contribution in [0.25, 0.3) is 28.1 Å². The molecular formula is C35H45N3Ti. The third-order valence-electron chi connectivity index (χ3n) is 5.88. The molecule has 0 bridgehead atoms. The Morgan fingerprint density at radius 1 is 0.615 bits per heavy atom. The average Bonchev–Trinajstić information content (AvgIpc) is 3.26. The van der Waals surface area contributed by atoms with Crippen molar-refractivity contribution in [2.45, 2.75) is 23.0 Å². The van der Waals surface area contributed by atoms with Crippen LogP contribution in [0.4, 0.5) is 0 Å². The normalized spacial score (nSPS) is 18.2. The molecule has 0 aromatic heterocycles. The SMILES string of the molecule is C(C=Cc1ccccc1)=Cc1ccccc1.C[N-]C.C[N-]C.C[N-]C.[Ti+3][CH]1c2ccccc2C2C=CCCC12. The van der Waals surface area contributed by atoms with E-state index in [1.54, 1.807) is 53.4 Å². The fourth-order valence-electron chi connectivity index (χ4n) is 4.35. The molecular weight excluding hydrogens is 510 g/mol. The second-order valence-electron chi connectivity index (χ2n) is 9.18. The molecule has 2 aliphatic carbocycles. The van der Waals surface area contributed by atoms with Gasteiger partial charge in [-0.1, -0.05) is 85.0 Å². The zero-order valence-electron chi connectivity index (χ0n) is 24.5. The van der Waals surface area contributed by atoms with Crippen molar-refractivity contribution in [3.05, 3.63) is 147 Å². The van der Waals surface area contributed by atoms with E-state index in [0.717, 1.165) is 16.1 Å². The van der Waals surface area contributed by atoms with Gasteiger partial charge in [0.15, 0.2) is 0 Å². The Morgan fingerprint density at radius 3 is 1.49 bits per heavy atom. The maximum atomic E-state index is 3.50. The first-order valence-corrected chi connectivity index (χ1v) is 14.3. The van der Waals surface area contributed by atoms with E-state index >= 15 is 0 Å². The molecule has 0 saturated carbocycles. The van der Waals surface area contributed by atoms with Gasteiger partial charge >= 0.3 is 96.9 Å². The second-order valence-corrected chi connectivity index (χ2v) is 10.2. The topological polar surface area (TPSA) is 42.3 Å². The van der Waals surface area contributed by atoms with Gasteiger partial charge in [-0.05, 0) is 11.1 Å². The standard InChI is InChI=1S/C16H14.C13H13.3C2H6N.Ti/c1-3-9-15(10-4-1)13-7-8-14-16-11-5-2-6-12-16;1-3-7-12-10(5-1)9-11-6-2-4-8-13(11)12;3*1-3-2;/h1-14H;1,3-5,7-9,11,13H,2,6H2;3*1-2H3;/q;;3*-1;+3. The van der Waals surface area contributed by atoms with Crippen LogP contribution in [0.1, 0.15) is 45.2 Å². The second kappa shape index (κ2) is 22.3. The molecule has 0 N–H and O–H groups in total. The maximum absolute atomic E-state index is 3.50. The minimum atomic E-state index is 0.718. The summed E-state index contributed by atoms with van der Waals surface area (Å²) in [5.41, 5.74) is 5.62. The third kappa shape index (κ3) is 13.4. The molecule has 4 heteroatoms. The van der Waals surface area contributed by atoms with Crippen LogP contribution in [0, 0.1) is 5.92 Å². The van der Waals surface area contributed by atoms with Crippen molar-refractivity contribution in [1.29, 1.82) is 0 Å². The van der Waals surface area contributed by atoms with Crippen LogP contribution < -0.4 is 0 Å². The van der Waals surface area contributed by atoms with E-state index in [2.05, 4.69) is 121 Å².